The normalized spacial score (nSPS) is 16.7. The first-order chi connectivity index (χ1) is 12.8. The molecule has 0 amide bonds. The highest BCUT2D eigenvalue weighted by molar-refractivity contribution is 5.79. The van der Waals surface area contributed by atoms with Crippen molar-refractivity contribution in [2.75, 3.05) is 19.6 Å². The molecule has 3 rings (SSSR count). The molecule has 5 nitrogen and oxygen atoms in total. The fourth-order valence-corrected chi connectivity index (χ4v) is 3.65. The van der Waals surface area contributed by atoms with Gasteiger partial charge in [0.15, 0.2) is 5.58 Å². The minimum atomic E-state index is -0.407. The van der Waals surface area contributed by atoms with E-state index in [-0.39, 0.29) is 11.8 Å². The van der Waals surface area contributed by atoms with Crippen LogP contribution in [0.25, 0.3) is 11.0 Å². The van der Waals surface area contributed by atoms with Gasteiger partial charge in [0.05, 0.1) is 5.69 Å². The summed E-state index contributed by atoms with van der Waals surface area (Å²) < 4.78 is 23.9. The maximum atomic E-state index is 13.3. The zero-order valence-corrected chi connectivity index (χ0v) is 16.5. The van der Waals surface area contributed by atoms with Crippen molar-refractivity contribution in [2.45, 2.75) is 64.4 Å². The van der Waals surface area contributed by atoms with Gasteiger partial charge in [-0.2, -0.15) is 0 Å². The van der Waals surface area contributed by atoms with Crippen molar-refractivity contribution in [1.82, 2.24) is 10.1 Å². The van der Waals surface area contributed by atoms with E-state index >= 15 is 0 Å². The molecule has 1 fully saturated rings. The minimum Gasteiger partial charge on any atom is -0.460 e. The maximum Gasteiger partial charge on any atom is 0.306 e. The summed E-state index contributed by atoms with van der Waals surface area (Å²) >= 11 is 0. The van der Waals surface area contributed by atoms with Crippen LogP contribution in [0.2, 0.25) is 0 Å². The topological polar surface area (TPSA) is 55.6 Å². The summed E-state index contributed by atoms with van der Waals surface area (Å²) in [5.41, 5.74) is 1.07. The van der Waals surface area contributed by atoms with E-state index in [0.29, 0.717) is 17.9 Å². The Bertz CT molecular complexity index is 773. The summed E-state index contributed by atoms with van der Waals surface area (Å²) in [6, 6.07) is 4.62. The number of piperidine rings is 1. The monoisotopic (exact) mass is 376 g/mol. The number of carbonyl (C=O) groups is 1. The fraction of sp³-hybridized carbons (Fsp3) is 0.619. The van der Waals surface area contributed by atoms with E-state index in [1.54, 1.807) is 6.07 Å². The van der Waals surface area contributed by atoms with E-state index < -0.39 is 5.60 Å². The van der Waals surface area contributed by atoms with Crippen molar-refractivity contribution in [3.05, 3.63) is 29.7 Å². The number of likely N-dealkylation sites (tertiary alicyclic amines) is 1. The van der Waals surface area contributed by atoms with Crippen LogP contribution in [0.5, 0.6) is 0 Å². The summed E-state index contributed by atoms with van der Waals surface area (Å²) in [6.07, 6.45) is 4.37. The Morgan fingerprint density at radius 1 is 1.30 bits per heavy atom. The van der Waals surface area contributed by atoms with Gasteiger partial charge in [0, 0.05) is 23.8 Å². The number of hydrogen-bond acceptors (Lipinski definition) is 5. The van der Waals surface area contributed by atoms with Crippen LogP contribution >= 0.6 is 0 Å². The fourth-order valence-electron chi connectivity index (χ4n) is 3.65. The molecule has 1 saturated heterocycles. The molecule has 2 aromatic rings. The Kier molecular flexibility index (Phi) is 6.15. The molecule has 0 N–H and O–H groups in total. The molecular formula is C21H29FN2O3. The van der Waals surface area contributed by atoms with Gasteiger partial charge in [-0.05, 0) is 78.2 Å². The van der Waals surface area contributed by atoms with Gasteiger partial charge in [-0.25, -0.2) is 4.39 Å². The van der Waals surface area contributed by atoms with Crippen LogP contribution in [0.4, 0.5) is 4.39 Å². The third kappa shape index (κ3) is 5.51. The van der Waals surface area contributed by atoms with Gasteiger partial charge in [-0.1, -0.05) is 5.16 Å². The van der Waals surface area contributed by atoms with Gasteiger partial charge in [0.2, 0.25) is 0 Å². The van der Waals surface area contributed by atoms with E-state index in [0.717, 1.165) is 56.4 Å². The van der Waals surface area contributed by atoms with Crippen LogP contribution in [0.1, 0.15) is 64.5 Å². The van der Waals surface area contributed by atoms with Crippen molar-refractivity contribution in [1.29, 1.82) is 0 Å². The zero-order valence-electron chi connectivity index (χ0n) is 16.5. The second-order valence-electron chi connectivity index (χ2n) is 8.37. The van der Waals surface area contributed by atoms with Crippen LogP contribution in [-0.2, 0) is 9.53 Å². The number of unbranched alkanes of at least 4 members (excludes halogenated alkanes) is 1. The van der Waals surface area contributed by atoms with Crippen molar-refractivity contribution >= 4 is 16.9 Å². The Morgan fingerprint density at radius 2 is 2.04 bits per heavy atom. The average Bonchev–Trinajstić information content (AvgIpc) is 3.00. The van der Waals surface area contributed by atoms with Crippen molar-refractivity contribution in [3.63, 3.8) is 0 Å². The number of carbonyl (C=O) groups excluding carboxylic acids is 1. The number of esters is 1. The standard InChI is InChI=1S/C21H29FN2O3/c1-21(2,3)26-19(25)6-4-5-11-24-12-9-15(10-13-24)20-17-8-7-16(22)14-18(17)27-23-20/h7-8,14-15H,4-6,9-13H2,1-3H3. The third-order valence-electron chi connectivity index (χ3n) is 4.96. The molecule has 0 unspecified atom stereocenters. The molecule has 1 aliphatic heterocycles. The SMILES string of the molecule is CC(C)(C)OC(=O)CCCCN1CCC(c2noc3cc(F)ccc23)CC1. The van der Waals surface area contributed by atoms with Gasteiger partial charge in [0.25, 0.3) is 0 Å². The minimum absolute atomic E-state index is 0.115. The average molecular weight is 376 g/mol. The maximum absolute atomic E-state index is 13.3. The largest absolute Gasteiger partial charge is 0.460 e. The molecule has 0 aliphatic carbocycles. The lowest BCUT2D eigenvalue weighted by atomic mass is 9.91. The van der Waals surface area contributed by atoms with Gasteiger partial charge in [0.1, 0.15) is 11.4 Å². The number of hydrogen-bond donors (Lipinski definition) is 0. The number of fused-ring (bicyclic) bond motifs is 1. The quantitative estimate of drug-likeness (QED) is 0.542. The number of aromatic nitrogens is 1. The van der Waals surface area contributed by atoms with Crippen molar-refractivity contribution < 1.29 is 18.4 Å². The third-order valence-corrected chi connectivity index (χ3v) is 4.96. The van der Waals surface area contributed by atoms with Crippen LogP contribution in [0.15, 0.2) is 22.7 Å². The molecule has 0 spiro atoms. The second-order valence-corrected chi connectivity index (χ2v) is 8.37. The van der Waals surface area contributed by atoms with Crippen molar-refractivity contribution in [3.8, 4) is 0 Å². The van der Waals surface area contributed by atoms with E-state index in [9.17, 15) is 9.18 Å². The molecule has 2 heterocycles. The molecular weight excluding hydrogens is 347 g/mol. The van der Waals surface area contributed by atoms with Crippen molar-refractivity contribution in [2.24, 2.45) is 0 Å². The lowest BCUT2D eigenvalue weighted by molar-refractivity contribution is -0.154. The predicted molar refractivity (Wildman–Crippen MR) is 102 cm³/mol. The Morgan fingerprint density at radius 3 is 2.74 bits per heavy atom. The summed E-state index contributed by atoms with van der Waals surface area (Å²) in [4.78, 5) is 14.2. The highest BCUT2D eigenvalue weighted by Crippen LogP contribution is 2.32. The molecule has 27 heavy (non-hydrogen) atoms. The van der Waals surface area contributed by atoms with E-state index in [1.165, 1.54) is 12.1 Å². The van der Waals surface area contributed by atoms with Crippen LogP contribution in [0, 0.1) is 5.82 Å². The Hall–Kier alpha value is -1.95. The lowest BCUT2D eigenvalue weighted by Crippen LogP contribution is -2.33. The summed E-state index contributed by atoms with van der Waals surface area (Å²) in [7, 11) is 0. The van der Waals surface area contributed by atoms with Gasteiger partial charge < -0.3 is 14.2 Å². The lowest BCUT2D eigenvalue weighted by Gasteiger charge is -2.31. The first-order valence-corrected chi connectivity index (χ1v) is 9.81. The number of halogens is 1. The van der Waals surface area contributed by atoms with Gasteiger partial charge >= 0.3 is 5.97 Å². The number of benzene rings is 1. The zero-order chi connectivity index (χ0) is 19.4. The van der Waals surface area contributed by atoms with E-state index in [2.05, 4.69) is 10.1 Å². The molecule has 148 valence electrons. The second kappa shape index (κ2) is 8.38. The molecule has 0 atom stereocenters. The Balaban J connectivity index is 1.41. The summed E-state index contributed by atoms with van der Waals surface area (Å²) in [5.74, 6) is -0.0586. The number of ether oxygens (including phenoxy) is 1. The first kappa shape index (κ1) is 19.8. The summed E-state index contributed by atoms with van der Waals surface area (Å²) in [5, 5.41) is 5.12. The molecule has 0 radical (unpaired) electrons. The number of nitrogens with zero attached hydrogens (tertiary/aromatic N) is 2. The van der Waals surface area contributed by atoms with Crippen LogP contribution < -0.4 is 0 Å². The summed E-state index contributed by atoms with van der Waals surface area (Å²) in [6.45, 7) is 8.69. The molecule has 1 aromatic heterocycles. The van der Waals surface area contributed by atoms with Gasteiger partial charge in [-0.15, -0.1) is 0 Å². The predicted octanol–water partition coefficient (Wildman–Crippen LogP) is 4.66. The molecule has 0 bridgehead atoms. The smallest absolute Gasteiger partial charge is 0.306 e. The van der Waals surface area contributed by atoms with E-state index in [4.69, 9.17) is 9.26 Å². The molecule has 1 aromatic carbocycles. The van der Waals surface area contributed by atoms with E-state index in [1.807, 2.05) is 20.8 Å². The Labute approximate surface area is 159 Å². The molecule has 6 heteroatoms. The highest BCUT2D eigenvalue weighted by Gasteiger charge is 2.25. The van der Waals surface area contributed by atoms with Crippen LogP contribution in [-0.4, -0.2) is 41.3 Å². The van der Waals surface area contributed by atoms with Gasteiger partial charge in [-0.3, -0.25) is 4.79 Å². The molecule has 1 aliphatic rings. The number of rotatable bonds is 6. The molecule has 0 saturated carbocycles. The van der Waals surface area contributed by atoms with Crippen LogP contribution in [0.3, 0.4) is 0 Å². The highest BCUT2D eigenvalue weighted by atomic mass is 19.1. The first-order valence-electron chi connectivity index (χ1n) is 9.81.